The number of benzene rings is 1. The quantitative estimate of drug-likeness (QED) is 0.609. The van der Waals surface area contributed by atoms with Crippen LogP contribution >= 0.6 is 0 Å². The third kappa shape index (κ3) is 5.99. The zero-order chi connectivity index (χ0) is 18.2. The standard InChI is InChI=1S/C18H26F2N4O/c1-3-17(25)24-8-6-16(12-24)23-18(21-4-2)22-7-5-13-9-14(19)11-15(20)10-13/h9-11,16H,3-8,12H2,1-2H3,(H2,21,22,23). The summed E-state index contributed by atoms with van der Waals surface area (Å²) >= 11 is 0. The predicted molar refractivity (Wildman–Crippen MR) is 94.5 cm³/mol. The van der Waals surface area contributed by atoms with Gasteiger partial charge in [-0.1, -0.05) is 6.92 Å². The summed E-state index contributed by atoms with van der Waals surface area (Å²) < 4.78 is 26.4. The Labute approximate surface area is 147 Å². The van der Waals surface area contributed by atoms with Crippen molar-refractivity contribution in [2.24, 2.45) is 4.99 Å². The van der Waals surface area contributed by atoms with Crippen molar-refractivity contribution in [2.45, 2.75) is 39.2 Å². The second-order valence-electron chi connectivity index (χ2n) is 6.11. The molecule has 0 spiro atoms. The maximum Gasteiger partial charge on any atom is 0.222 e. The number of halogens is 2. The first-order valence-electron chi connectivity index (χ1n) is 8.79. The second kappa shape index (κ2) is 9.34. The van der Waals surface area contributed by atoms with Crippen LogP contribution in [0.2, 0.25) is 0 Å². The fourth-order valence-electron chi connectivity index (χ4n) is 2.89. The summed E-state index contributed by atoms with van der Waals surface area (Å²) in [5, 5.41) is 6.50. The van der Waals surface area contributed by atoms with E-state index in [0.29, 0.717) is 44.0 Å². The van der Waals surface area contributed by atoms with E-state index in [0.717, 1.165) is 19.0 Å². The lowest BCUT2D eigenvalue weighted by molar-refractivity contribution is -0.129. The van der Waals surface area contributed by atoms with Crippen molar-refractivity contribution in [3.05, 3.63) is 35.4 Å². The number of hydrogen-bond donors (Lipinski definition) is 2. The Kier molecular flexibility index (Phi) is 7.16. The highest BCUT2D eigenvalue weighted by atomic mass is 19.1. The molecule has 1 fully saturated rings. The Morgan fingerprint density at radius 1 is 1.28 bits per heavy atom. The number of guanidine groups is 1. The molecule has 1 saturated heterocycles. The molecular formula is C18H26F2N4O. The average molecular weight is 352 g/mol. The van der Waals surface area contributed by atoms with Gasteiger partial charge in [-0.25, -0.2) is 8.78 Å². The summed E-state index contributed by atoms with van der Waals surface area (Å²) in [6, 6.07) is 3.68. The van der Waals surface area contributed by atoms with E-state index in [4.69, 9.17) is 0 Å². The van der Waals surface area contributed by atoms with Crippen LogP contribution in [0.15, 0.2) is 23.2 Å². The smallest absolute Gasteiger partial charge is 0.222 e. The van der Waals surface area contributed by atoms with E-state index in [9.17, 15) is 13.6 Å². The molecule has 1 aromatic carbocycles. The van der Waals surface area contributed by atoms with E-state index in [1.54, 1.807) is 0 Å². The first-order chi connectivity index (χ1) is 12.0. The Morgan fingerprint density at radius 2 is 2.00 bits per heavy atom. The van der Waals surface area contributed by atoms with Crippen molar-refractivity contribution in [3.8, 4) is 0 Å². The normalized spacial score (nSPS) is 17.7. The van der Waals surface area contributed by atoms with Gasteiger partial charge in [-0.05, 0) is 37.5 Å². The predicted octanol–water partition coefficient (Wildman–Crippen LogP) is 2.07. The molecule has 2 N–H and O–H groups in total. The summed E-state index contributed by atoms with van der Waals surface area (Å²) in [6.45, 7) is 6.40. The highest BCUT2D eigenvalue weighted by Gasteiger charge is 2.25. The van der Waals surface area contributed by atoms with E-state index >= 15 is 0 Å². The fourth-order valence-corrected chi connectivity index (χ4v) is 2.89. The highest BCUT2D eigenvalue weighted by Crippen LogP contribution is 2.11. The maximum atomic E-state index is 13.2. The molecule has 1 unspecified atom stereocenters. The molecule has 1 aliphatic rings. The molecule has 0 aromatic heterocycles. The lowest BCUT2D eigenvalue weighted by Gasteiger charge is -2.18. The van der Waals surface area contributed by atoms with Crippen LogP contribution in [-0.4, -0.2) is 49.0 Å². The van der Waals surface area contributed by atoms with Crippen LogP contribution in [0.25, 0.3) is 0 Å². The molecule has 7 heteroatoms. The van der Waals surface area contributed by atoms with Crippen LogP contribution in [0.1, 0.15) is 32.3 Å². The van der Waals surface area contributed by atoms with Crippen molar-refractivity contribution in [2.75, 3.05) is 26.2 Å². The van der Waals surface area contributed by atoms with E-state index in [1.165, 1.54) is 12.1 Å². The third-order valence-corrected chi connectivity index (χ3v) is 4.12. The number of nitrogens with zero attached hydrogens (tertiary/aromatic N) is 2. The third-order valence-electron chi connectivity index (χ3n) is 4.12. The van der Waals surface area contributed by atoms with Gasteiger partial charge in [-0.2, -0.15) is 0 Å². The van der Waals surface area contributed by atoms with Gasteiger partial charge in [0, 0.05) is 44.7 Å². The Balaban J connectivity index is 1.89. The minimum absolute atomic E-state index is 0.166. The molecule has 138 valence electrons. The minimum Gasteiger partial charge on any atom is -0.357 e. The van der Waals surface area contributed by atoms with Gasteiger partial charge in [-0.15, -0.1) is 0 Å². The molecule has 2 rings (SSSR count). The first-order valence-corrected chi connectivity index (χ1v) is 8.79. The number of amides is 1. The zero-order valence-corrected chi connectivity index (χ0v) is 14.8. The topological polar surface area (TPSA) is 56.7 Å². The molecular weight excluding hydrogens is 326 g/mol. The molecule has 0 bridgehead atoms. The van der Waals surface area contributed by atoms with Crippen LogP contribution in [0, 0.1) is 11.6 Å². The van der Waals surface area contributed by atoms with Gasteiger partial charge in [0.05, 0.1) is 0 Å². The SMILES string of the molecule is CCNC(=NCCc1cc(F)cc(F)c1)NC1CCN(C(=O)CC)C1. The van der Waals surface area contributed by atoms with Crippen LogP contribution in [0.3, 0.4) is 0 Å². The molecule has 1 atom stereocenters. The highest BCUT2D eigenvalue weighted by molar-refractivity contribution is 5.80. The zero-order valence-electron chi connectivity index (χ0n) is 14.8. The second-order valence-corrected chi connectivity index (χ2v) is 6.11. The van der Waals surface area contributed by atoms with Crippen molar-refractivity contribution in [3.63, 3.8) is 0 Å². The number of hydrogen-bond acceptors (Lipinski definition) is 2. The van der Waals surface area contributed by atoms with Gasteiger partial charge < -0.3 is 15.5 Å². The van der Waals surface area contributed by atoms with Gasteiger partial charge in [0.15, 0.2) is 5.96 Å². The maximum absolute atomic E-state index is 13.2. The molecule has 1 heterocycles. The summed E-state index contributed by atoms with van der Waals surface area (Å²) in [7, 11) is 0. The van der Waals surface area contributed by atoms with Crippen molar-refractivity contribution in [1.82, 2.24) is 15.5 Å². The number of likely N-dealkylation sites (tertiary alicyclic amines) is 1. The Bertz CT molecular complexity index is 601. The molecule has 25 heavy (non-hydrogen) atoms. The number of aliphatic imine (C=N–C) groups is 1. The molecule has 1 aromatic rings. The number of nitrogens with one attached hydrogen (secondary N) is 2. The average Bonchev–Trinajstić information content (AvgIpc) is 3.02. The van der Waals surface area contributed by atoms with Gasteiger partial charge in [0.2, 0.25) is 5.91 Å². The summed E-state index contributed by atoms with van der Waals surface area (Å²) in [6.07, 6.45) is 1.85. The van der Waals surface area contributed by atoms with Crippen LogP contribution in [0.4, 0.5) is 8.78 Å². The molecule has 1 amide bonds. The van der Waals surface area contributed by atoms with Crippen molar-refractivity contribution >= 4 is 11.9 Å². The lowest BCUT2D eigenvalue weighted by atomic mass is 10.1. The molecule has 0 saturated carbocycles. The summed E-state index contributed by atoms with van der Waals surface area (Å²) in [5.41, 5.74) is 0.581. The minimum atomic E-state index is -0.573. The van der Waals surface area contributed by atoms with E-state index in [-0.39, 0.29) is 11.9 Å². The van der Waals surface area contributed by atoms with E-state index in [2.05, 4.69) is 15.6 Å². The molecule has 5 nitrogen and oxygen atoms in total. The van der Waals surface area contributed by atoms with Crippen molar-refractivity contribution in [1.29, 1.82) is 0 Å². The largest absolute Gasteiger partial charge is 0.357 e. The summed E-state index contributed by atoms with van der Waals surface area (Å²) in [5.74, 6) is -0.319. The van der Waals surface area contributed by atoms with Gasteiger partial charge >= 0.3 is 0 Å². The number of carbonyl (C=O) groups is 1. The van der Waals surface area contributed by atoms with Crippen molar-refractivity contribution < 1.29 is 13.6 Å². The molecule has 1 aliphatic heterocycles. The van der Waals surface area contributed by atoms with Gasteiger partial charge in [-0.3, -0.25) is 9.79 Å². The van der Waals surface area contributed by atoms with E-state index in [1.807, 2.05) is 18.7 Å². The number of rotatable bonds is 6. The molecule has 0 radical (unpaired) electrons. The van der Waals surface area contributed by atoms with E-state index < -0.39 is 11.6 Å². The Morgan fingerprint density at radius 3 is 2.64 bits per heavy atom. The fraction of sp³-hybridized carbons (Fsp3) is 0.556. The first kappa shape index (κ1) is 19.1. The number of carbonyl (C=O) groups excluding carboxylic acids is 1. The Hall–Kier alpha value is -2.18. The van der Waals surface area contributed by atoms with Crippen LogP contribution < -0.4 is 10.6 Å². The van der Waals surface area contributed by atoms with Crippen LogP contribution in [-0.2, 0) is 11.2 Å². The lowest BCUT2D eigenvalue weighted by Crippen LogP contribution is -2.45. The van der Waals surface area contributed by atoms with Gasteiger partial charge in [0.1, 0.15) is 11.6 Å². The van der Waals surface area contributed by atoms with Crippen LogP contribution in [0.5, 0.6) is 0 Å². The monoisotopic (exact) mass is 352 g/mol. The summed E-state index contributed by atoms with van der Waals surface area (Å²) in [4.78, 5) is 18.1. The molecule has 0 aliphatic carbocycles. The van der Waals surface area contributed by atoms with Gasteiger partial charge in [0.25, 0.3) is 0 Å².